The molecule has 0 aliphatic carbocycles. The Morgan fingerprint density at radius 3 is 2.29 bits per heavy atom. The minimum atomic E-state index is -0.187. The monoisotopic (exact) mass is 408 g/mol. The van der Waals surface area contributed by atoms with E-state index in [2.05, 4.69) is 10.2 Å². The quantitative estimate of drug-likeness (QED) is 0.716. The number of hydrogen-bond donors (Lipinski definition) is 1. The van der Waals surface area contributed by atoms with Gasteiger partial charge in [0, 0.05) is 19.0 Å². The van der Waals surface area contributed by atoms with Gasteiger partial charge in [-0.25, -0.2) is 4.39 Å². The Balaban J connectivity index is 0.00000280. The molecule has 0 radical (unpaired) electrons. The molecule has 0 aromatic heterocycles. The van der Waals surface area contributed by atoms with Crippen LogP contribution < -0.4 is 14.8 Å². The Kier molecular flexibility index (Phi) is 9.03. The molecule has 1 saturated heterocycles. The van der Waals surface area contributed by atoms with Crippen LogP contribution >= 0.6 is 12.4 Å². The molecule has 1 aliphatic rings. The van der Waals surface area contributed by atoms with E-state index in [9.17, 15) is 4.39 Å². The maximum absolute atomic E-state index is 13.2. The molecular weight excluding hydrogens is 379 g/mol. The molecule has 1 heterocycles. The molecule has 154 valence electrons. The molecule has 1 aliphatic heterocycles. The van der Waals surface area contributed by atoms with Gasteiger partial charge in [-0.3, -0.25) is 0 Å². The number of nitrogens with one attached hydrogen (secondary N) is 1. The van der Waals surface area contributed by atoms with Gasteiger partial charge < -0.3 is 19.7 Å². The van der Waals surface area contributed by atoms with Gasteiger partial charge in [0.15, 0.2) is 0 Å². The van der Waals surface area contributed by atoms with Crippen LogP contribution in [0.15, 0.2) is 48.5 Å². The number of benzene rings is 2. The minimum Gasteiger partial charge on any atom is -0.493 e. The summed E-state index contributed by atoms with van der Waals surface area (Å²) >= 11 is 0. The van der Waals surface area contributed by atoms with Gasteiger partial charge in [-0.05, 0) is 74.9 Å². The fourth-order valence-electron chi connectivity index (χ4n) is 3.43. The van der Waals surface area contributed by atoms with Crippen LogP contribution in [-0.2, 0) is 0 Å². The smallest absolute Gasteiger partial charge is 0.123 e. The van der Waals surface area contributed by atoms with Crippen molar-refractivity contribution >= 4 is 12.4 Å². The Hall–Kier alpha value is -1.82. The predicted octanol–water partition coefficient (Wildman–Crippen LogP) is 3.96. The first-order valence-corrected chi connectivity index (χ1v) is 9.58. The summed E-state index contributed by atoms with van der Waals surface area (Å²) in [7, 11) is 4.05. The van der Waals surface area contributed by atoms with Crippen LogP contribution in [0.25, 0.3) is 0 Å². The maximum atomic E-state index is 13.2. The number of likely N-dealkylation sites (N-methyl/N-ethyl adjacent to an activating group) is 1. The summed E-state index contributed by atoms with van der Waals surface area (Å²) < 4.78 is 25.0. The van der Waals surface area contributed by atoms with Crippen LogP contribution in [-0.4, -0.2) is 51.8 Å². The lowest BCUT2D eigenvalue weighted by Gasteiger charge is -2.32. The molecule has 2 atom stereocenters. The minimum absolute atomic E-state index is 0. The van der Waals surface area contributed by atoms with Gasteiger partial charge in [-0.1, -0.05) is 12.1 Å². The van der Waals surface area contributed by atoms with E-state index >= 15 is 0 Å². The van der Waals surface area contributed by atoms with Crippen molar-refractivity contribution in [3.63, 3.8) is 0 Å². The number of rotatable bonds is 8. The number of piperidine rings is 1. The van der Waals surface area contributed by atoms with Crippen LogP contribution in [0.1, 0.15) is 17.9 Å². The van der Waals surface area contributed by atoms with E-state index in [1.807, 2.05) is 50.5 Å². The standard InChI is InChI=1S/C22H29FN2O2.ClH/c1-25(2)13-14-26-20-7-9-21(10-8-20)27-16-18-15-24-12-11-22(18)17-3-5-19(23)6-4-17;/h3-10,18,22,24H,11-16H2,1-2H3;1H/t18-,22-;/m0./s1. The van der Waals surface area contributed by atoms with E-state index in [-0.39, 0.29) is 18.2 Å². The molecule has 3 rings (SSSR count). The van der Waals surface area contributed by atoms with Crippen LogP contribution in [0.4, 0.5) is 4.39 Å². The fraction of sp³-hybridized carbons (Fsp3) is 0.455. The summed E-state index contributed by atoms with van der Waals surface area (Å²) in [6.07, 6.45) is 1.04. The van der Waals surface area contributed by atoms with Crippen LogP contribution in [0.2, 0.25) is 0 Å². The largest absolute Gasteiger partial charge is 0.493 e. The first-order valence-electron chi connectivity index (χ1n) is 9.58. The highest BCUT2D eigenvalue weighted by Crippen LogP contribution is 2.31. The zero-order valence-corrected chi connectivity index (χ0v) is 17.4. The van der Waals surface area contributed by atoms with Crippen LogP contribution in [0.3, 0.4) is 0 Å². The fourth-order valence-corrected chi connectivity index (χ4v) is 3.43. The summed E-state index contributed by atoms with van der Waals surface area (Å²) in [6.45, 7) is 4.08. The molecular formula is C22H30ClFN2O2. The van der Waals surface area contributed by atoms with Crippen LogP contribution in [0.5, 0.6) is 11.5 Å². The molecule has 0 amide bonds. The third kappa shape index (κ3) is 6.66. The van der Waals surface area contributed by atoms with Crippen molar-refractivity contribution < 1.29 is 13.9 Å². The maximum Gasteiger partial charge on any atom is 0.123 e. The SMILES string of the molecule is CN(C)CCOc1ccc(OC[C@@H]2CNCC[C@H]2c2ccc(F)cc2)cc1.Cl. The highest BCUT2D eigenvalue weighted by atomic mass is 35.5. The number of halogens is 2. The van der Waals surface area contributed by atoms with Crippen molar-refractivity contribution in [2.24, 2.45) is 5.92 Å². The van der Waals surface area contributed by atoms with Crippen molar-refractivity contribution in [1.29, 1.82) is 0 Å². The molecule has 0 saturated carbocycles. The van der Waals surface area contributed by atoms with E-state index in [1.165, 1.54) is 5.56 Å². The van der Waals surface area contributed by atoms with Crippen molar-refractivity contribution in [1.82, 2.24) is 10.2 Å². The van der Waals surface area contributed by atoms with Gasteiger partial charge in [-0.2, -0.15) is 0 Å². The normalized spacial score (nSPS) is 19.1. The lowest BCUT2D eigenvalue weighted by Crippen LogP contribution is -2.38. The molecule has 2 aromatic carbocycles. The molecule has 0 unspecified atom stereocenters. The Labute approximate surface area is 173 Å². The third-order valence-corrected chi connectivity index (χ3v) is 5.00. The number of ether oxygens (including phenoxy) is 2. The second-order valence-electron chi connectivity index (χ2n) is 7.35. The Morgan fingerprint density at radius 2 is 1.64 bits per heavy atom. The van der Waals surface area contributed by atoms with Gasteiger partial charge >= 0.3 is 0 Å². The third-order valence-electron chi connectivity index (χ3n) is 5.00. The molecule has 0 spiro atoms. The summed E-state index contributed by atoms with van der Waals surface area (Å²) in [4.78, 5) is 2.09. The Bertz CT molecular complexity index is 695. The average molecular weight is 409 g/mol. The number of nitrogens with zero attached hydrogens (tertiary/aromatic N) is 1. The lowest BCUT2D eigenvalue weighted by atomic mass is 9.81. The summed E-state index contributed by atoms with van der Waals surface area (Å²) in [5.74, 6) is 2.26. The van der Waals surface area contributed by atoms with Gasteiger partial charge in [0.2, 0.25) is 0 Å². The van der Waals surface area contributed by atoms with E-state index in [1.54, 1.807) is 12.1 Å². The van der Waals surface area contributed by atoms with Gasteiger partial charge in [0.25, 0.3) is 0 Å². The predicted molar refractivity (Wildman–Crippen MR) is 113 cm³/mol. The second kappa shape index (κ2) is 11.2. The van der Waals surface area contributed by atoms with E-state index in [0.717, 1.165) is 37.6 Å². The molecule has 2 aromatic rings. The zero-order chi connectivity index (χ0) is 19.1. The average Bonchev–Trinajstić information content (AvgIpc) is 2.68. The summed E-state index contributed by atoms with van der Waals surface area (Å²) in [5, 5.41) is 3.45. The summed E-state index contributed by atoms with van der Waals surface area (Å²) in [5.41, 5.74) is 1.19. The topological polar surface area (TPSA) is 33.7 Å². The van der Waals surface area contributed by atoms with Crippen molar-refractivity contribution in [2.45, 2.75) is 12.3 Å². The van der Waals surface area contributed by atoms with Gasteiger partial charge in [0.05, 0.1) is 6.61 Å². The molecule has 6 heteroatoms. The molecule has 1 fully saturated rings. The first kappa shape index (κ1) is 22.5. The van der Waals surface area contributed by atoms with Crippen molar-refractivity contribution in [3.05, 3.63) is 59.9 Å². The van der Waals surface area contributed by atoms with E-state index in [0.29, 0.717) is 25.0 Å². The highest BCUT2D eigenvalue weighted by molar-refractivity contribution is 5.85. The highest BCUT2D eigenvalue weighted by Gasteiger charge is 2.27. The van der Waals surface area contributed by atoms with Crippen molar-refractivity contribution in [3.8, 4) is 11.5 Å². The van der Waals surface area contributed by atoms with E-state index < -0.39 is 0 Å². The molecule has 4 nitrogen and oxygen atoms in total. The lowest BCUT2D eigenvalue weighted by molar-refractivity contribution is 0.196. The molecule has 28 heavy (non-hydrogen) atoms. The van der Waals surface area contributed by atoms with Crippen LogP contribution in [0, 0.1) is 11.7 Å². The number of hydrogen-bond acceptors (Lipinski definition) is 4. The summed E-state index contributed by atoms with van der Waals surface area (Å²) in [6, 6.07) is 14.7. The molecule has 1 N–H and O–H groups in total. The Morgan fingerprint density at radius 1 is 1.00 bits per heavy atom. The first-order chi connectivity index (χ1) is 13.1. The van der Waals surface area contributed by atoms with E-state index in [4.69, 9.17) is 9.47 Å². The molecule has 0 bridgehead atoms. The second-order valence-corrected chi connectivity index (χ2v) is 7.35. The van der Waals surface area contributed by atoms with Gasteiger partial charge in [0.1, 0.15) is 23.9 Å². The van der Waals surface area contributed by atoms with Gasteiger partial charge in [-0.15, -0.1) is 12.4 Å². The zero-order valence-electron chi connectivity index (χ0n) is 16.6. The van der Waals surface area contributed by atoms with Crippen molar-refractivity contribution in [2.75, 3.05) is 46.9 Å².